The van der Waals surface area contributed by atoms with Gasteiger partial charge in [0, 0.05) is 50.6 Å². The number of pyridine rings is 1. The van der Waals surface area contributed by atoms with Crippen LogP contribution in [0, 0.1) is 5.41 Å². The maximum atomic E-state index is 11.7. The van der Waals surface area contributed by atoms with E-state index < -0.39 is 10.0 Å². The SMILES string of the molecule is CCS(=O)(=O)NCC[C@]12CCO[C@H]1CCN(Cc1cccnc1)C2. The Labute approximate surface area is 144 Å². The first-order chi connectivity index (χ1) is 11.5. The highest BCUT2D eigenvalue weighted by molar-refractivity contribution is 7.89. The molecule has 0 saturated carbocycles. The topological polar surface area (TPSA) is 71.5 Å². The lowest BCUT2D eigenvalue weighted by atomic mass is 9.74. The molecule has 0 bridgehead atoms. The first kappa shape index (κ1) is 17.8. The molecule has 134 valence electrons. The van der Waals surface area contributed by atoms with Crippen LogP contribution in [0.3, 0.4) is 0 Å². The molecule has 2 fully saturated rings. The van der Waals surface area contributed by atoms with E-state index in [9.17, 15) is 8.42 Å². The fourth-order valence-corrected chi connectivity index (χ4v) is 4.56. The second kappa shape index (κ2) is 7.47. The Kier molecular flexibility index (Phi) is 5.54. The second-order valence-corrected chi connectivity index (χ2v) is 8.98. The van der Waals surface area contributed by atoms with E-state index in [2.05, 4.69) is 20.7 Å². The lowest BCUT2D eigenvalue weighted by Gasteiger charge is -2.44. The maximum Gasteiger partial charge on any atom is 0.211 e. The Balaban J connectivity index is 1.63. The standard InChI is InChI=1S/C17H27N3O3S/c1-2-24(21,22)19-9-6-17-7-11-23-16(17)5-10-20(14-17)13-15-4-3-8-18-12-15/h3-4,8,12,16,19H,2,5-7,9-11,13-14H2,1H3/t16-,17+/m0/s1. The fraction of sp³-hybridized carbons (Fsp3) is 0.706. The molecule has 0 unspecified atom stereocenters. The van der Waals surface area contributed by atoms with Crippen LogP contribution in [-0.2, 0) is 21.3 Å². The van der Waals surface area contributed by atoms with E-state index in [1.807, 2.05) is 12.3 Å². The number of nitrogens with zero attached hydrogens (tertiary/aromatic N) is 2. The predicted molar refractivity (Wildman–Crippen MR) is 93.0 cm³/mol. The van der Waals surface area contributed by atoms with Crippen molar-refractivity contribution in [1.29, 1.82) is 0 Å². The zero-order valence-electron chi connectivity index (χ0n) is 14.3. The van der Waals surface area contributed by atoms with Crippen LogP contribution in [0.4, 0.5) is 0 Å². The van der Waals surface area contributed by atoms with E-state index in [0.29, 0.717) is 6.54 Å². The van der Waals surface area contributed by atoms with Gasteiger partial charge in [0.15, 0.2) is 0 Å². The molecule has 0 amide bonds. The van der Waals surface area contributed by atoms with Crippen molar-refractivity contribution < 1.29 is 13.2 Å². The number of fused-ring (bicyclic) bond motifs is 1. The molecule has 1 N–H and O–H groups in total. The van der Waals surface area contributed by atoms with Gasteiger partial charge in [0.05, 0.1) is 11.9 Å². The Hall–Kier alpha value is -1.02. The average Bonchev–Trinajstić information content (AvgIpc) is 2.98. The van der Waals surface area contributed by atoms with E-state index in [-0.39, 0.29) is 17.3 Å². The van der Waals surface area contributed by atoms with E-state index in [0.717, 1.165) is 45.5 Å². The van der Waals surface area contributed by atoms with Gasteiger partial charge in [-0.3, -0.25) is 9.88 Å². The quantitative estimate of drug-likeness (QED) is 0.802. The lowest BCUT2D eigenvalue weighted by molar-refractivity contribution is -0.0236. The van der Waals surface area contributed by atoms with Crippen LogP contribution < -0.4 is 4.72 Å². The molecule has 1 aromatic rings. The Morgan fingerprint density at radius 1 is 1.50 bits per heavy atom. The molecule has 2 aliphatic rings. The summed E-state index contributed by atoms with van der Waals surface area (Å²) < 4.78 is 32.0. The lowest BCUT2D eigenvalue weighted by Crippen LogP contribution is -2.50. The van der Waals surface area contributed by atoms with Gasteiger partial charge in [-0.15, -0.1) is 0 Å². The van der Waals surface area contributed by atoms with Gasteiger partial charge in [-0.2, -0.15) is 0 Å². The number of hydrogen-bond acceptors (Lipinski definition) is 5. The first-order valence-corrected chi connectivity index (χ1v) is 10.4. The molecular formula is C17H27N3O3S. The summed E-state index contributed by atoms with van der Waals surface area (Å²) in [6.07, 6.45) is 6.83. The normalized spacial score (nSPS) is 28.0. The van der Waals surface area contributed by atoms with Crippen LogP contribution in [0.25, 0.3) is 0 Å². The summed E-state index contributed by atoms with van der Waals surface area (Å²) in [6, 6.07) is 4.07. The molecule has 0 aliphatic carbocycles. The summed E-state index contributed by atoms with van der Waals surface area (Å²) in [4.78, 5) is 6.65. The maximum absolute atomic E-state index is 11.7. The van der Waals surface area contributed by atoms with Gasteiger partial charge in [-0.1, -0.05) is 6.07 Å². The van der Waals surface area contributed by atoms with Crippen LogP contribution in [0.5, 0.6) is 0 Å². The summed E-state index contributed by atoms with van der Waals surface area (Å²) in [5, 5.41) is 0. The van der Waals surface area contributed by atoms with Crippen LogP contribution in [0.2, 0.25) is 0 Å². The van der Waals surface area contributed by atoms with Crippen LogP contribution in [-0.4, -0.2) is 56.4 Å². The highest BCUT2D eigenvalue weighted by atomic mass is 32.2. The third kappa shape index (κ3) is 4.14. The molecule has 2 saturated heterocycles. The van der Waals surface area contributed by atoms with Crippen molar-refractivity contribution in [3.63, 3.8) is 0 Å². The van der Waals surface area contributed by atoms with Crippen LogP contribution in [0.15, 0.2) is 24.5 Å². The van der Waals surface area contributed by atoms with Crippen molar-refractivity contribution in [3.05, 3.63) is 30.1 Å². The number of ether oxygens (including phenoxy) is 1. The molecule has 24 heavy (non-hydrogen) atoms. The van der Waals surface area contributed by atoms with E-state index in [1.54, 1.807) is 13.1 Å². The van der Waals surface area contributed by atoms with Crippen LogP contribution in [0.1, 0.15) is 31.7 Å². The van der Waals surface area contributed by atoms with Crippen molar-refractivity contribution in [1.82, 2.24) is 14.6 Å². The summed E-state index contributed by atoms with van der Waals surface area (Å²) in [5.74, 6) is 0.132. The van der Waals surface area contributed by atoms with E-state index >= 15 is 0 Å². The molecule has 7 heteroatoms. The molecular weight excluding hydrogens is 326 g/mol. The number of likely N-dealkylation sites (tertiary alicyclic amines) is 1. The molecule has 2 atom stereocenters. The minimum absolute atomic E-state index is 0.0662. The number of sulfonamides is 1. The molecule has 3 heterocycles. The second-order valence-electron chi connectivity index (χ2n) is 6.88. The van der Waals surface area contributed by atoms with Gasteiger partial charge in [0.2, 0.25) is 10.0 Å². The Morgan fingerprint density at radius 2 is 2.38 bits per heavy atom. The third-order valence-corrected chi connectivity index (χ3v) is 6.71. The summed E-state index contributed by atoms with van der Waals surface area (Å²) in [5.41, 5.74) is 1.29. The van der Waals surface area contributed by atoms with Crippen molar-refractivity contribution in [2.24, 2.45) is 5.41 Å². The number of nitrogens with one attached hydrogen (secondary N) is 1. The molecule has 0 radical (unpaired) electrons. The summed E-state index contributed by atoms with van der Waals surface area (Å²) in [6.45, 7) is 5.81. The van der Waals surface area contributed by atoms with Gasteiger partial charge in [-0.25, -0.2) is 13.1 Å². The third-order valence-electron chi connectivity index (χ3n) is 5.30. The van der Waals surface area contributed by atoms with Gasteiger partial charge in [0.25, 0.3) is 0 Å². The zero-order chi connectivity index (χ0) is 17.0. The van der Waals surface area contributed by atoms with Crippen molar-refractivity contribution in [3.8, 4) is 0 Å². The Morgan fingerprint density at radius 3 is 3.12 bits per heavy atom. The van der Waals surface area contributed by atoms with Crippen molar-refractivity contribution in [2.45, 2.75) is 38.8 Å². The molecule has 0 spiro atoms. The monoisotopic (exact) mass is 353 g/mol. The first-order valence-electron chi connectivity index (χ1n) is 8.73. The minimum atomic E-state index is -3.13. The van der Waals surface area contributed by atoms with E-state index in [1.165, 1.54) is 5.56 Å². The van der Waals surface area contributed by atoms with Crippen LogP contribution >= 0.6 is 0 Å². The van der Waals surface area contributed by atoms with Gasteiger partial charge >= 0.3 is 0 Å². The summed E-state index contributed by atoms with van der Waals surface area (Å²) >= 11 is 0. The minimum Gasteiger partial charge on any atom is -0.378 e. The largest absolute Gasteiger partial charge is 0.378 e. The zero-order valence-corrected chi connectivity index (χ0v) is 15.1. The highest BCUT2D eigenvalue weighted by Crippen LogP contribution is 2.43. The van der Waals surface area contributed by atoms with E-state index in [4.69, 9.17) is 4.74 Å². The molecule has 6 nitrogen and oxygen atoms in total. The van der Waals surface area contributed by atoms with Crippen molar-refractivity contribution in [2.75, 3.05) is 32.0 Å². The van der Waals surface area contributed by atoms with Gasteiger partial charge in [-0.05, 0) is 37.8 Å². The Bertz CT molecular complexity index is 638. The predicted octanol–water partition coefficient (Wildman–Crippen LogP) is 1.39. The fourth-order valence-electron chi connectivity index (χ4n) is 3.94. The number of rotatable bonds is 7. The number of aromatic nitrogens is 1. The van der Waals surface area contributed by atoms with Crippen molar-refractivity contribution >= 4 is 10.0 Å². The molecule has 1 aromatic heterocycles. The number of hydrogen-bond donors (Lipinski definition) is 1. The highest BCUT2D eigenvalue weighted by Gasteiger charge is 2.47. The van der Waals surface area contributed by atoms with Gasteiger partial charge < -0.3 is 4.74 Å². The smallest absolute Gasteiger partial charge is 0.211 e. The molecule has 3 rings (SSSR count). The summed E-state index contributed by atoms with van der Waals surface area (Å²) in [7, 11) is -3.13. The van der Waals surface area contributed by atoms with Gasteiger partial charge in [0.1, 0.15) is 0 Å². The number of piperidine rings is 1. The molecule has 0 aromatic carbocycles. The molecule has 2 aliphatic heterocycles. The average molecular weight is 353 g/mol.